The average Bonchev–Trinajstić information content (AvgIpc) is 2.97. The maximum atomic E-state index is 13.8. The fourth-order valence-electron chi connectivity index (χ4n) is 4.22. The molecule has 0 aliphatic carbocycles. The largest absolute Gasteiger partial charge is 0.415 e. The van der Waals surface area contributed by atoms with E-state index in [4.69, 9.17) is 20.9 Å². The van der Waals surface area contributed by atoms with Gasteiger partial charge in [-0.15, -0.1) is 0 Å². The van der Waals surface area contributed by atoms with Gasteiger partial charge in [-0.25, -0.2) is 23.5 Å². The zero-order chi connectivity index (χ0) is 27.4. The topological polar surface area (TPSA) is 162 Å². The number of alkyl halides is 2. The van der Waals surface area contributed by atoms with E-state index in [1.54, 1.807) is 29.2 Å². The number of rotatable bonds is 6. The Hall–Kier alpha value is -4.24. The molecule has 39 heavy (non-hydrogen) atoms. The smallest absolute Gasteiger partial charge is 0.410 e. The van der Waals surface area contributed by atoms with Crippen LogP contribution >= 0.6 is 0 Å². The quantitative estimate of drug-likeness (QED) is 0.462. The summed E-state index contributed by atoms with van der Waals surface area (Å²) >= 11 is 0. The van der Waals surface area contributed by atoms with Gasteiger partial charge in [-0.1, -0.05) is 12.1 Å². The molecule has 0 unspecified atom stereocenters. The Bertz CT molecular complexity index is 1300. The number of halogens is 2. The van der Waals surface area contributed by atoms with E-state index in [9.17, 15) is 13.6 Å². The third-order valence-electron chi connectivity index (χ3n) is 6.38. The van der Waals surface area contributed by atoms with Crippen LogP contribution in [-0.2, 0) is 11.3 Å². The van der Waals surface area contributed by atoms with Gasteiger partial charge in [0.25, 0.3) is 6.43 Å². The van der Waals surface area contributed by atoms with Crippen LogP contribution in [0.1, 0.15) is 17.7 Å². The fourth-order valence-corrected chi connectivity index (χ4v) is 4.22. The summed E-state index contributed by atoms with van der Waals surface area (Å²) in [6.07, 6.45) is -2.18. The first kappa shape index (κ1) is 26.4. The van der Waals surface area contributed by atoms with E-state index in [-0.39, 0.29) is 17.3 Å². The van der Waals surface area contributed by atoms with Gasteiger partial charge in [0.1, 0.15) is 11.4 Å². The number of aromatic nitrogens is 5. The van der Waals surface area contributed by atoms with Crippen molar-refractivity contribution in [3.8, 4) is 17.1 Å². The highest BCUT2D eigenvalue weighted by molar-refractivity contribution is 5.71. The molecule has 4 N–H and O–H groups in total. The lowest BCUT2D eigenvalue weighted by atomic mass is 10.2. The molecule has 2 aromatic heterocycles. The molecule has 1 aromatic carbocycles. The molecule has 0 saturated carbocycles. The molecule has 2 aliphatic heterocycles. The molecule has 2 aliphatic rings. The van der Waals surface area contributed by atoms with Crippen LogP contribution < -0.4 is 26.0 Å². The Labute approximate surface area is 222 Å². The van der Waals surface area contributed by atoms with Gasteiger partial charge >= 0.3 is 6.09 Å². The molecular weight excluding hydrogens is 514 g/mol. The first-order valence-corrected chi connectivity index (χ1v) is 12.4. The highest BCUT2D eigenvalue weighted by Gasteiger charge is 2.28. The van der Waals surface area contributed by atoms with Gasteiger partial charge in [-0.3, -0.25) is 0 Å². The number of morpholine rings is 1. The second-order valence-electron chi connectivity index (χ2n) is 8.88. The highest BCUT2D eigenvalue weighted by atomic mass is 19.3. The van der Waals surface area contributed by atoms with Crippen molar-refractivity contribution in [1.82, 2.24) is 29.8 Å². The molecule has 0 atom stereocenters. The summed E-state index contributed by atoms with van der Waals surface area (Å²) < 4.78 is 38.5. The number of benzene rings is 1. The molecule has 2 saturated heterocycles. The number of hydrogen-bond acceptors (Lipinski definition) is 12. The van der Waals surface area contributed by atoms with Gasteiger partial charge < -0.3 is 35.6 Å². The van der Waals surface area contributed by atoms with Crippen molar-refractivity contribution in [1.29, 1.82) is 0 Å². The average molecular weight is 543 g/mol. The number of anilines is 3. The summed E-state index contributed by atoms with van der Waals surface area (Å²) in [6.45, 7) is 3.93. The first-order valence-electron chi connectivity index (χ1n) is 12.4. The minimum Gasteiger partial charge on any atom is -0.410 e. The predicted molar refractivity (Wildman–Crippen MR) is 137 cm³/mol. The number of ether oxygens (including phenoxy) is 2. The molecule has 1 amide bonds. The van der Waals surface area contributed by atoms with Gasteiger partial charge in [0.2, 0.25) is 17.8 Å². The lowest BCUT2D eigenvalue weighted by Gasteiger charge is -2.34. The van der Waals surface area contributed by atoms with Crippen LogP contribution in [0.15, 0.2) is 30.5 Å². The minimum atomic E-state index is -2.90. The molecule has 206 valence electrons. The van der Waals surface area contributed by atoms with Gasteiger partial charge in [-0.2, -0.15) is 15.0 Å². The number of nitrogens with zero attached hydrogens (tertiary/aromatic N) is 8. The highest BCUT2D eigenvalue weighted by Crippen LogP contribution is 2.30. The number of piperazine rings is 1. The molecule has 0 radical (unpaired) electrons. The normalized spacial score (nSPS) is 16.1. The number of carbonyl (C=O) groups excluding carboxylic acids is 1. The molecule has 5 rings (SSSR count). The fraction of sp³-hybridized carbons (Fsp3) is 0.417. The summed E-state index contributed by atoms with van der Waals surface area (Å²) in [5.41, 5.74) is 11.5. The standard InChI is InChI=1S/C24H28F2N10O3/c25-19(26)18-17(14-29-21(28)30-18)20-31-22(33-23(32-20)35-9-11-38-12-10-35)34-5-7-36(8-6-34)24(37)39-16-3-1-15(13-27)2-4-16/h1-4,14,19H,5-13,27H2,(H2,28,29,30). The molecule has 4 heterocycles. The van der Waals surface area contributed by atoms with Crippen molar-refractivity contribution in [2.24, 2.45) is 5.73 Å². The van der Waals surface area contributed by atoms with E-state index in [1.165, 1.54) is 6.20 Å². The van der Waals surface area contributed by atoms with Crippen LogP contribution in [0.5, 0.6) is 5.75 Å². The summed E-state index contributed by atoms with van der Waals surface area (Å²) in [6, 6.07) is 7.00. The Kier molecular flexibility index (Phi) is 7.88. The van der Waals surface area contributed by atoms with Crippen molar-refractivity contribution < 1.29 is 23.0 Å². The van der Waals surface area contributed by atoms with E-state index in [1.807, 2.05) is 9.80 Å². The zero-order valence-electron chi connectivity index (χ0n) is 21.0. The number of carbonyl (C=O) groups is 1. The van der Waals surface area contributed by atoms with Crippen LogP contribution in [-0.4, -0.2) is 88.4 Å². The van der Waals surface area contributed by atoms with Crippen molar-refractivity contribution >= 4 is 23.9 Å². The van der Waals surface area contributed by atoms with Crippen LogP contribution in [0.3, 0.4) is 0 Å². The lowest BCUT2D eigenvalue weighted by Crippen LogP contribution is -2.50. The predicted octanol–water partition coefficient (Wildman–Crippen LogP) is 1.46. The van der Waals surface area contributed by atoms with Crippen LogP contribution in [0.2, 0.25) is 0 Å². The van der Waals surface area contributed by atoms with Crippen molar-refractivity contribution in [2.45, 2.75) is 13.0 Å². The minimum absolute atomic E-state index is 0.0135. The van der Waals surface area contributed by atoms with Crippen molar-refractivity contribution in [3.05, 3.63) is 41.7 Å². The summed E-state index contributed by atoms with van der Waals surface area (Å²) in [7, 11) is 0. The molecule has 0 spiro atoms. The lowest BCUT2D eigenvalue weighted by molar-refractivity contribution is 0.122. The van der Waals surface area contributed by atoms with Gasteiger partial charge in [-0.05, 0) is 17.7 Å². The van der Waals surface area contributed by atoms with Gasteiger partial charge in [0.05, 0.1) is 18.8 Å². The van der Waals surface area contributed by atoms with E-state index in [0.717, 1.165) is 5.56 Å². The number of nitrogen functional groups attached to an aromatic ring is 1. The third kappa shape index (κ3) is 6.09. The number of hydrogen-bond donors (Lipinski definition) is 2. The molecule has 0 bridgehead atoms. The van der Waals surface area contributed by atoms with Crippen LogP contribution in [0, 0.1) is 0 Å². The summed E-state index contributed by atoms with van der Waals surface area (Å²) in [5, 5.41) is 0. The molecule has 15 heteroatoms. The van der Waals surface area contributed by atoms with Crippen molar-refractivity contribution in [3.63, 3.8) is 0 Å². The van der Waals surface area contributed by atoms with Crippen LogP contribution in [0.25, 0.3) is 11.4 Å². The Balaban J connectivity index is 1.36. The zero-order valence-corrected chi connectivity index (χ0v) is 21.0. The number of amides is 1. The monoisotopic (exact) mass is 542 g/mol. The Morgan fingerprint density at radius 1 is 0.949 bits per heavy atom. The summed E-state index contributed by atoms with van der Waals surface area (Å²) in [5.74, 6) is 0.800. The molecule has 3 aromatic rings. The molecule has 13 nitrogen and oxygen atoms in total. The van der Waals surface area contributed by atoms with E-state index in [0.29, 0.717) is 76.7 Å². The van der Waals surface area contributed by atoms with E-state index < -0.39 is 18.2 Å². The Morgan fingerprint density at radius 2 is 1.59 bits per heavy atom. The molecular formula is C24H28F2N10O3. The second kappa shape index (κ2) is 11.7. The first-order chi connectivity index (χ1) is 18.9. The van der Waals surface area contributed by atoms with E-state index in [2.05, 4.69) is 24.9 Å². The second-order valence-corrected chi connectivity index (χ2v) is 8.88. The summed E-state index contributed by atoms with van der Waals surface area (Å²) in [4.78, 5) is 39.2. The third-order valence-corrected chi connectivity index (χ3v) is 6.38. The maximum Gasteiger partial charge on any atom is 0.415 e. The Morgan fingerprint density at radius 3 is 2.21 bits per heavy atom. The van der Waals surface area contributed by atoms with Gasteiger partial charge in [0.15, 0.2) is 5.82 Å². The molecule has 2 fully saturated rings. The van der Waals surface area contributed by atoms with Gasteiger partial charge in [0, 0.05) is 52.0 Å². The van der Waals surface area contributed by atoms with Crippen LogP contribution in [0.4, 0.5) is 31.4 Å². The maximum absolute atomic E-state index is 13.8. The number of nitrogens with two attached hydrogens (primary N) is 2. The van der Waals surface area contributed by atoms with E-state index >= 15 is 0 Å². The SMILES string of the molecule is NCc1ccc(OC(=O)N2CCN(c3nc(-c4cnc(N)nc4C(F)F)nc(N4CCOCC4)n3)CC2)cc1. The van der Waals surface area contributed by atoms with Crippen molar-refractivity contribution in [2.75, 3.05) is 68.0 Å².